The van der Waals surface area contributed by atoms with E-state index in [4.69, 9.17) is 15.2 Å². The fourth-order valence-corrected chi connectivity index (χ4v) is 1.64. The lowest BCUT2D eigenvalue weighted by Crippen LogP contribution is -2.12. The second-order valence-electron chi connectivity index (χ2n) is 5.67. The molecular formula is C15H25NO2. The second kappa shape index (κ2) is 6.64. The first-order chi connectivity index (χ1) is 8.46. The minimum absolute atomic E-state index is 0.292. The molecule has 2 N–H and O–H groups in total. The number of hydrogen-bond acceptors (Lipinski definition) is 3. The van der Waals surface area contributed by atoms with Gasteiger partial charge in [-0.2, -0.15) is 0 Å². The molecule has 3 heteroatoms. The average Bonchev–Trinajstić information content (AvgIpc) is 2.29. The highest BCUT2D eigenvalue weighted by molar-refractivity contribution is 5.40. The first-order valence-corrected chi connectivity index (χ1v) is 6.46. The Morgan fingerprint density at radius 3 is 2.50 bits per heavy atom. The number of ether oxygens (including phenoxy) is 2. The molecule has 0 amide bonds. The van der Waals surface area contributed by atoms with Gasteiger partial charge in [0, 0.05) is 0 Å². The van der Waals surface area contributed by atoms with E-state index in [2.05, 4.69) is 20.8 Å². The largest absolute Gasteiger partial charge is 0.497 e. The van der Waals surface area contributed by atoms with Gasteiger partial charge >= 0.3 is 0 Å². The summed E-state index contributed by atoms with van der Waals surface area (Å²) in [5.74, 6) is 1.77. The van der Waals surface area contributed by atoms with Crippen molar-refractivity contribution in [3.8, 4) is 11.5 Å². The second-order valence-corrected chi connectivity index (χ2v) is 5.67. The fraction of sp³-hybridized carbons (Fsp3) is 0.600. The molecule has 1 aromatic carbocycles. The SMILES string of the molecule is COc1ccc(OCCC(C)(C)C)c(CCN)c1. The molecule has 18 heavy (non-hydrogen) atoms. The van der Waals surface area contributed by atoms with Crippen molar-refractivity contribution < 1.29 is 9.47 Å². The predicted molar refractivity (Wildman–Crippen MR) is 75.3 cm³/mol. The molecule has 102 valence electrons. The van der Waals surface area contributed by atoms with Crippen LogP contribution in [-0.2, 0) is 6.42 Å². The van der Waals surface area contributed by atoms with Gasteiger partial charge in [0.25, 0.3) is 0 Å². The molecule has 0 saturated heterocycles. The summed E-state index contributed by atoms with van der Waals surface area (Å²) in [7, 11) is 1.67. The molecule has 0 bridgehead atoms. The molecule has 3 nitrogen and oxygen atoms in total. The van der Waals surface area contributed by atoms with Crippen molar-refractivity contribution in [1.82, 2.24) is 0 Å². The summed E-state index contributed by atoms with van der Waals surface area (Å²) < 4.78 is 11.1. The molecule has 1 aromatic rings. The zero-order chi connectivity index (χ0) is 13.6. The maximum absolute atomic E-state index is 5.85. The number of hydrogen-bond donors (Lipinski definition) is 1. The molecule has 0 saturated carbocycles. The highest BCUT2D eigenvalue weighted by atomic mass is 16.5. The van der Waals surface area contributed by atoms with Crippen molar-refractivity contribution in [3.63, 3.8) is 0 Å². The summed E-state index contributed by atoms with van der Waals surface area (Å²) in [5.41, 5.74) is 7.03. The average molecular weight is 251 g/mol. The number of methoxy groups -OCH3 is 1. The summed E-state index contributed by atoms with van der Waals surface area (Å²) >= 11 is 0. The maximum atomic E-state index is 5.85. The van der Waals surface area contributed by atoms with Crippen molar-refractivity contribution in [2.24, 2.45) is 11.1 Å². The van der Waals surface area contributed by atoms with E-state index in [0.29, 0.717) is 12.0 Å². The molecule has 0 fully saturated rings. The number of benzene rings is 1. The fourth-order valence-electron chi connectivity index (χ4n) is 1.64. The normalized spacial score (nSPS) is 11.4. The van der Waals surface area contributed by atoms with Crippen LogP contribution in [0.5, 0.6) is 11.5 Å². The van der Waals surface area contributed by atoms with Gasteiger partial charge in [0.1, 0.15) is 11.5 Å². The van der Waals surface area contributed by atoms with Crippen LogP contribution in [0.1, 0.15) is 32.8 Å². The molecule has 0 unspecified atom stereocenters. The van der Waals surface area contributed by atoms with Gasteiger partial charge in [-0.15, -0.1) is 0 Å². The smallest absolute Gasteiger partial charge is 0.122 e. The molecule has 0 heterocycles. The molecule has 0 aliphatic carbocycles. The molecule has 0 aromatic heterocycles. The van der Waals surface area contributed by atoms with Gasteiger partial charge in [0.2, 0.25) is 0 Å². The molecule has 0 spiro atoms. The highest BCUT2D eigenvalue weighted by Crippen LogP contribution is 2.26. The molecule has 0 aliphatic heterocycles. The minimum atomic E-state index is 0.292. The van der Waals surface area contributed by atoms with E-state index >= 15 is 0 Å². The topological polar surface area (TPSA) is 44.5 Å². The van der Waals surface area contributed by atoms with E-state index in [1.807, 2.05) is 18.2 Å². The lowest BCUT2D eigenvalue weighted by molar-refractivity contribution is 0.241. The van der Waals surface area contributed by atoms with E-state index in [0.717, 1.165) is 36.5 Å². The van der Waals surface area contributed by atoms with Crippen LogP contribution in [0.4, 0.5) is 0 Å². The summed E-state index contributed by atoms with van der Waals surface area (Å²) in [5, 5.41) is 0. The van der Waals surface area contributed by atoms with Crippen molar-refractivity contribution in [3.05, 3.63) is 23.8 Å². The molecule has 1 rings (SSSR count). The van der Waals surface area contributed by atoms with E-state index in [9.17, 15) is 0 Å². The van der Waals surface area contributed by atoms with Crippen LogP contribution in [-0.4, -0.2) is 20.3 Å². The third kappa shape index (κ3) is 4.96. The predicted octanol–water partition coefficient (Wildman–Crippen LogP) is 3.01. The molecular weight excluding hydrogens is 226 g/mol. The Balaban J connectivity index is 2.68. The van der Waals surface area contributed by atoms with Gasteiger partial charge in [0.05, 0.1) is 13.7 Å². The van der Waals surface area contributed by atoms with E-state index in [-0.39, 0.29) is 0 Å². The lowest BCUT2D eigenvalue weighted by atomic mass is 9.93. The first-order valence-electron chi connectivity index (χ1n) is 6.46. The third-order valence-electron chi connectivity index (χ3n) is 2.79. The Morgan fingerprint density at radius 1 is 1.22 bits per heavy atom. The van der Waals surface area contributed by atoms with Crippen molar-refractivity contribution >= 4 is 0 Å². The van der Waals surface area contributed by atoms with Crippen LogP contribution in [0.3, 0.4) is 0 Å². The Kier molecular flexibility index (Phi) is 5.48. The van der Waals surface area contributed by atoms with Crippen LogP contribution < -0.4 is 15.2 Å². The van der Waals surface area contributed by atoms with Gasteiger partial charge < -0.3 is 15.2 Å². The van der Waals surface area contributed by atoms with Gasteiger partial charge in [-0.1, -0.05) is 20.8 Å². The Hall–Kier alpha value is -1.22. The number of rotatable bonds is 6. The van der Waals surface area contributed by atoms with Crippen molar-refractivity contribution in [2.45, 2.75) is 33.6 Å². The quantitative estimate of drug-likeness (QED) is 0.845. The van der Waals surface area contributed by atoms with E-state index < -0.39 is 0 Å². The van der Waals surface area contributed by atoms with Crippen molar-refractivity contribution in [1.29, 1.82) is 0 Å². The van der Waals surface area contributed by atoms with Gasteiger partial charge in [0.15, 0.2) is 0 Å². The summed E-state index contributed by atoms with van der Waals surface area (Å²) in [6.07, 6.45) is 1.84. The maximum Gasteiger partial charge on any atom is 0.122 e. The third-order valence-corrected chi connectivity index (χ3v) is 2.79. The van der Waals surface area contributed by atoms with Crippen LogP contribution in [0.2, 0.25) is 0 Å². The molecule has 0 radical (unpaired) electrons. The van der Waals surface area contributed by atoms with Crippen LogP contribution in [0.25, 0.3) is 0 Å². The van der Waals surface area contributed by atoms with E-state index in [1.165, 1.54) is 0 Å². The lowest BCUT2D eigenvalue weighted by Gasteiger charge is -2.19. The van der Waals surface area contributed by atoms with Crippen LogP contribution >= 0.6 is 0 Å². The van der Waals surface area contributed by atoms with Crippen LogP contribution in [0.15, 0.2) is 18.2 Å². The van der Waals surface area contributed by atoms with Gasteiger partial charge in [-0.3, -0.25) is 0 Å². The van der Waals surface area contributed by atoms with Gasteiger partial charge in [-0.05, 0) is 48.6 Å². The molecule has 0 aliphatic rings. The monoisotopic (exact) mass is 251 g/mol. The van der Waals surface area contributed by atoms with E-state index in [1.54, 1.807) is 7.11 Å². The first kappa shape index (κ1) is 14.8. The highest BCUT2D eigenvalue weighted by Gasteiger charge is 2.11. The Bertz CT molecular complexity index is 369. The van der Waals surface area contributed by atoms with Gasteiger partial charge in [-0.25, -0.2) is 0 Å². The van der Waals surface area contributed by atoms with Crippen LogP contribution in [0, 0.1) is 5.41 Å². The summed E-state index contributed by atoms with van der Waals surface area (Å²) in [6, 6.07) is 5.89. The minimum Gasteiger partial charge on any atom is -0.497 e. The zero-order valence-electron chi connectivity index (χ0n) is 12.0. The molecule has 0 atom stereocenters. The number of nitrogens with two attached hydrogens (primary N) is 1. The Morgan fingerprint density at radius 2 is 1.94 bits per heavy atom. The summed E-state index contributed by atoms with van der Waals surface area (Å²) in [4.78, 5) is 0. The van der Waals surface area contributed by atoms with Crippen molar-refractivity contribution in [2.75, 3.05) is 20.3 Å². The summed E-state index contributed by atoms with van der Waals surface area (Å²) in [6.45, 7) is 7.98. The standard InChI is InChI=1S/C15H25NO2/c1-15(2,3)8-10-18-14-6-5-13(17-4)11-12(14)7-9-16/h5-6,11H,7-10,16H2,1-4H3. The Labute approximate surface area is 110 Å². The zero-order valence-corrected chi connectivity index (χ0v) is 12.0.